The number of ketones is 1. The van der Waals surface area contributed by atoms with Gasteiger partial charge in [0, 0.05) is 28.4 Å². The molecule has 0 aromatic carbocycles. The van der Waals surface area contributed by atoms with Crippen molar-refractivity contribution in [1.29, 1.82) is 0 Å². The zero-order valence-electron chi connectivity index (χ0n) is 11.3. The number of carbonyl (C=O) groups excluding carboxylic acids is 1. The number of thiophene rings is 1. The van der Waals surface area contributed by atoms with Gasteiger partial charge in [-0.1, -0.05) is 0 Å². The summed E-state index contributed by atoms with van der Waals surface area (Å²) in [5, 5.41) is 9.88. The molecule has 0 amide bonds. The number of Topliss-reactive ketones (excluding diaryl/α,β-unsaturated/α-hetero) is 1. The zero-order chi connectivity index (χ0) is 13.3. The summed E-state index contributed by atoms with van der Waals surface area (Å²) in [5.74, 6) is 0.207. The normalized spacial score (nSPS) is 20.0. The van der Waals surface area contributed by atoms with Gasteiger partial charge in [-0.15, -0.1) is 11.3 Å². The van der Waals surface area contributed by atoms with Crippen molar-refractivity contribution in [3.63, 3.8) is 0 Å². The Morgan fingerprint density at radius 2 is 2.06 bits per heavy atom. The summed E-state index contributed by atoms with van der Waals surface area (Å²) in [4.78, 5) is 16.7. The van der Waals surface area contributed by atoms with Gasteiger partial charge in [-0.2, -0.15) is 0 Å². The largest absolute Gasteiger partial charge is 0.390 e. The van der Waals surface area contributed by atoms with Crippen LogP contribution in [-0.4, -0.2) is 41.0 Å². The van der Waals surface area contributed by atoms with Crippen LogP contribution in [0.25, 0.3) is 0 Å². The van der Waals surface area contributed by atoms with Crippen molar-refractivity contribution >= 4 is 17.1 Å². The molecule has 1 N–H and O–H groups in total. The molecule has 0 unspecified atom stereocenters. The Morgan fingerprint density at radius 1 is 1.44 bits per heavy atom. The lowest BCUT2D eigenvalue weighted by Crippen LogP contribution is -2.44. The van der Waals surface area contributed by atoms with Crippen LogP contribution in [0.5, 0.6) is 0 Å². The van der Waals surface area contributed by atoms with E-state index in [-0.39, 0.29) is 5.78 Å². The maximum absolute atomic E-state index is 12.2. The molecule has 2 rings (SSSR count). The SMILES string of the molecule is Cc1cc(C(=O)CN2CCC(C)(O)CC2)c(C)s1. The molecule has 4 heteroatoms. The summed E-state index contributed by atoms with van der Waals surface area (Å²) in [7, 11) is 0. The molecule has 0 radical (unpaired) electrons. The van der Waals surface area contributed by atoms with Crippen LogP contribution in [0, 0.1) is 13.8 Å². The third-order valence-corrected chi connectivity index (χ3v) is 4.61. The van der Waals surface area contributed by atoms with Gasteiger partial charge >= 0.3 is 0 Å². The van der Waals surface area contributed by atoms with E-state index in [1.54, 1.807) is 11.3 Å². The third kappa shape index (κ3) is 3.19. The Hall–Kier alpha value is -0.710. The summed E-state index contributed by atoms with van der Waals surface area (Å²) in [6, 6.07) is 1.99. The molecule has 0 spiro atoms. The Labute approximate surface area is 112 Å². The summed E-state index contributed by atoms with van der Waals surface area (Å²) in [6.07, 6.45) is 1.50. The number of aryl methyl sites for hydroxylation is 2. The molecule has 0 aliphatic carbocycles. The second-order valence-electron chi connectivity index (χ2n) is 5.52. The monoisotopic (exact) mass is 267 g/mol. The van der Waals surface area contributed by atoms with Crippen molar-refractivity contribution < 1.29 is 9.90 Å². The first-order valence-corrected chi connectivity index (χ1v) is 7.24. The maximum atomic E-state index is 12.2. The molecule has 18 heavy (non-hydrogen) atoms. The van der Waals surface area contributed by atoms with Crippen molar-refractivity contribution in [2.45, 2.75) is 39.2 Å². The van der Waals surface area contributed by atoms with Gasteiger partial charge in [-0.05, 0) is 39.7 Å². The van der Waals surface area contributed by atoms with Gasteiger partial charge in [-0.3, -0.25) is 9.69 Å². The van der Waals surface area contributed by atoms with Crippen LogP contribution in [0.1, 0.15) is 39.9 Å². The minimum absolute atomic E-state index is 0.207. The van der Waals surface area contributed by atoms with E-state index in [2.05, 4.69) is 4.90 Å². The fraction of sp³-hybridized carbons (Fsp3) is 0.643. The van der Waals surface area contributed by atoms with E-state index in [1.165, 1.54) is 4.88 Å². The highest BCUT2D eigenvalue weighted by molar-refractivity contribution is 7.12. The molecule has 0 saturated carbocycles. The number of rotatable bonds is 3. The highest BCUT2D eigenvalue weighted by Crippen LogP contribution is 2.23. The molecule has 1 aliphatic heterocycles. The van der Waals surface area contributed by atoms with E-state index in [1.807, 2.05) is 26.8 Å². The van der Waals surface area contributed by atoms with Gasteiger partial charge in [0.1, 0.15) is 0 Å². The number of likely N-dealkylation sites (tertiary alicyclic amines) is 1. The van der Waals surface area contributed by atoms with Gasteiger partial charge in [0.2, 0.25) is 0 Å². The van der Waals surface area contributed by atoms with Crippen molar-refractivity contribution in [2.24, 2.45) is 0 Å². The molecular formula is C14H21NO2S. The molecule has 1 aliphatic rings. The van der Waals surface area contributed by atoms with E-state index in [0.717, 1.165) is 36.4 Å². The van der Waals surface area contributed by atoms with Crippen molar-refractivity contribution in [3.05, 3.63) is 21.4 Å². The second kappa shape index (κ2) is 5.11. The molecule has 1 aromatic rings. The molecule has 0 bridgehead atoms. The Morgan fingerprint density at radius 3 is 2.56 bits per heavy atom. The number of aliphatic hydroxyl groups is 1. The minimum atomic E-state index is -0.547. The smallest absolute Gasteiger partial charge is 0.177 e. The highest BCUT2D eigenvalue weighted by atomic mass is 32.1. The van der Waals surface area contributed by atoms with Crippen LogP contribution >= 0.6 is 11.3 Å². The van der Waals surface area contributed by atoms with E-state index < -0.39 is 5.60 Å². The topological polar surface area (TPSA) is 40.5 Å². The zero-order valence-corrected chi connectivity index (χ0v) is 12.1. The van der Waals surface area contributed by atoms with Crippen LogP contribution in [-0.2, 0) is 0 Å². The molecular weight excluding hydrogens is 246 g/mol. The van der Waals surface area contributed by atoms with E-state index in [9.17, 15) is 9.90 Å². The Balaban J connectivity index is 1.95. The maximum Gasteiger partial charge on any atom is 0.177 e. The first kappa shape index (κ1) is 13.7. The standard InChI is InChI=1S/C14H21NO2S/c1-10-8-12(11(2)18-10)13(16)9-15-6-4-14(3,17)5-7-15/h8,17H,4-7,9H2,1-3H3. The lowest BCUT2D eigenvalue weighted by molar-refractivity contribution is -0.00420. The number of hydrogen-bond donors (Lipinski definition) is 1. The predicted molar refractivity (Wildman–Crippen MR) is 74.4 cm³/mol. The molecule has 3 nitrogen and oxygen atoms in total. The summed E-state index contributed by atoms with van der Waals surface area (Å²) < 4.78 is 0. The van der Waals surface area contributed by atoms with Crippen LogP contribution < -0.4 is 0 Å². The highest BCUT2D eigenvalue weighted by Gasteiger charge is 2.28. The first-order chi connectivity index (χ1) is 8.37. The third-order valence-electron chi connectivity index (χ3n) is 3.64. The molecule has 1 saturated heterocycles. The number of carbonyl (C=O) groups is 1. The molecule has 2 heterocycles. The van der Waals surface area contributed by atoms with Crippen LogP contribution in [0.2, 0.25) is 0 Å². The van der Waals surface area contributed by atoms with Gasteiger partial charge in [0.25, 0.3) is 0 Å². The van der Waals surface area contributed by atoms with E-state index in [4.69, 9.17) is 0 Å². The van der Waals surface area contributed by atoms with Crippen molar-refractivity contribution in [2.75, 3.05) is 19.6 Å². The summed E-state index contributed by atoms with van der Waals surface area (Å²) in [5.41, 5.74) is 0.323. The van der Waals surface area contributed by atoms with Gasteiger partial charge in [0.15, 0.2) is 5.78 Å². The Kier molecular flexibility index (Phi) is 3.90. The van der Waals surface area contributed by atoms with Crippen LogP contribution in [0.3, 0.4) is 0 Å². The van der Waals surface area contributed by atoms with Crippen LogP contribution in [0.4, 0.5) is 0 Å². The summed E-state index contributed by atoms with van der Waals surface area (Å²) >= 11 is 1.68. The number of nitrogens with zero attached hydrogens (tertiary/aromatic N) is 1. The van der Waals surface area contributed by atoms with Crippen molar-refractivity contribution in [1.82, 2.24) is 4.90 Å². The molecule has 1 fully saturated rings. The average molecular weight is 267 g/mol. The van der Waals surface area contributed by atoms with E-state index in [0.29, 0.717) is 6.54 Å². The van der Waals surface area contributed by atoms with Gasteiger partial charge in [-0.25, -0.2) is 0 Å². The minimum Gasteiger partial charge on any atom is -0.390 e. The fourth-order valence-electron chi connectivity index (χ4n) is 2.39. The van der Waals surface area contributed by atoms with Crippen LogP contribution in [0.15, 0.2) is 6.07 Å². The fourth-order valence-corrected chi connectivity index (χ4v) is 3.33. The molecule has 100 valence electrons. The number of hydrogen-bond acceptors (Lipinski definition) is 4. The quantitative estimate of drug-likeness (QED) is 0.855. The average Bonchev–Trinajstić information content (AvgIpc) is 2.61. The number of piperidine rings is 1. The second-order valence-corrected chi connectivity index (χ2v) is 6.98. The van der Waals surface area contributed by atoms with Gasteiger partial charge in [0.05, 0.1) is 12.1 Å². The van der Waals surface area contributed by atoms with Crippen molar-refractivity contribution in [3.8, 4) is 0 Å². The molecule has 0 atom stereocenters. The van der Waals surface area contributed by atoms with Gasteiger partial charge < -0.3 is 5.11 Å². The lowest BCUT2D eigenvalue weighted by atomic mass is 9.93. The Bertz CT molecular complexity index is 441. The lowest BCUT2D eigenvalue weighted by Gasteiger charge is -2.35. The predicted octanol–water partition coefficient (Wildman–Crippen LogP) is 2.39. The molecule has 1 aromatic heterocycles. The first-order valence-electron chi connectivity index (χ1n) is 6.42. The van der Waals surface area contributed by atoms with E-state index >= 15 is 0 Å². The summed E-state index contributed by atoms with van der Waals surface area (Å²) in [6.45, 7) is 8.01.